The molecule has 0 saturated carbocycles. The highest BCUT2D eigenvalue weighted by molar-refractivity contribution is 5.96. The summed E-state index contributed by atoms with van der Waals surface area (Å²) in [5, 5.41) is 19.3. The molecule has 0 aliphatic carbocycles. The Kier molecular flexibility index (Phi) is 8.85. The number of carboxylic acids is 1. The van der Waals surface area contributed by atoms with E-state index in [1.165, 1.54) is 0 Å². The van der Waals surface area contributed by atoms with Gasteiger partial charge in [-0.1, -0.05) is 18.9 Å². The van der Waals surface area contributed by atoms with E-state index in [1.807, 2.05) is 13.8 Å². The lowest BCUT2D eigenvalue weighted by Gasteiger charge is -2.23. The number of Topliss-reactive ketones (excluding diaryl/α,β-unsaturated/α-hetero) is 1. The minimum absolute atomic E-state index is 0.0672. The maximum Gasteiger partial charge on any atom is 0.416 e. The van der Waals surface area contributed by atoms with Crippen LogP contribution in [-0.2, 0) is 11.0 Å². The summed E-state index contributed by atoms with van der Waals surface area (Å²) in [6.45, 7) is 3.96. The molecular formula is C25H25F4N3O5. The Morgan fingerprint density at radius 3 is 2.38 bits per heavy atom. The number of carbonyl (C=O) groups excluding carboxylic acids is 1. The first-order chi connectivity index (χ1) is 17.4. The van der Waals surface area contributed by atoms with Crippen LogP contribution in [0.25, 0.3) is 11.5 Å². The van der Waals surface area contributed by atoms with E-state index in [0.29, 0.717) is 17.3 Å². The first kappa shape index (κ1) is 27.6. The van der Waals surface area contributed by atoms with Gasteiger partial charge in [-0.25, -0.2) is 4.39 Å². The van der Waals surface area contributed by atoms with Crippen molar-refractivity contribution in [3.8, 4) is 17.5 Å². The van der Waals surface area contributed by atoms with Gasteiger partial charge in [0.05, 0.1) is 17.2 Å². The highest BCUT2D eigenvalue weighted by Crippen LogP contribution is 2.33. The Morgan fingerprint density at radius 1 is 1.08 bits per heavy atom. The van der Waals surface area contributed by atoms with Crippen molar-refractivity contribution in [3.63, 3.8) is 0 Å². The number of aromatic nitrogens is 2. The van der Waals surface area contributed by atoms with E-state index >= 15 is 0 Å². The van der Waals surface area contributed by atoms with Gasteiger partial charge in [-0.15, -0.1) is 5.10 Å². The van der Waals surface area contributed by atoms with Gasteiger partial charge in [0.2, 0.25) is 0 Å². The molecule has 12 heteroatoms. The van der Waals surface area contributed by atoms with Crippen LogP contribution in [0.15, 0.2) is 46.9 Å². The maximum absolute atomic E-state index is 14.2. The molecule has 3 rings (SSSR count). The largest absolute Gasteiger partial charge is 0.481 e. The number of nitrogens with one attached hydrogen (secondary N) is 1. The number of aliphatic carboxylic acids is 1. The van der Waals surface area contributed by atoms with Crippen LogP contribution in [0.1, 0.15) is 49.0 Å². The zero-order valence-electron chi connectivity index (χ0n) is 20.0. The Morgan fingerprint density at radius 2 is 1.78 bits per heavy atom. The second kappa shape index (κ2) is 11.8. The molecule has 8 nitrogen and oxygen atoms in total. The molecule has 0 spiro atoms. The first-order valence-electron chi connectivity index (χ1n) is 11.4. The lowest BCUT2D eigenvalue weighted by atomic mass is 10.0. The summed E-state index contributed by atoms with van der Waals surface area (Å²) >= 11 is 0. The molecule has 198 valence electrons. The van der Waals surface area contributed by atoms with Gasteiger partial charge in [0.25, 0.3) is 5.89 Å². The predicted octanol–water partition coefficient (Wildman–Crippen LogP) is 5.85. The van der Waals surface area contributed by atoms with Crippen LogP contribution in [0, 0.1) is 11.7 Å². The Labute approximate surface area is 209 Å². The molecule has 0 aliphatic heterocycles. The third kappa shape index (κ3) is 7.76. The molecule has 2 aromatic carbocycles. The average molecular weight is 523 g/mol. The summed E-state index contributed by atoms with van der Waals surface area (Å²) < 4.78 is 63.3. The molecule has 0 bridgehead atoms. The number of nitrogens with zero attached hydrogens (tertiary/aromatic N) is 2. The molecule has 0 aliphatic rings. The van der Waals surface area contributed by atoms with Gasteiger partial charge in [0.15, 0.2) is 5.78 Å². The zero-order chi connectivity index (χ0) is 27.2. The van der Waals surface area contributed by atoms with Crippen LogP contribution in [0.4, 0.5) is 23.2 Å². The van der Waals surface area contributed by atoms with Crippen LogP contribution in [0.5, 0.6) is 6.08 Å². The Hall–Kier alpha value is -3.96. The second-order valence-corrected chi connectivity index (χ2v) is 8.62. The summed E-state index contributed by atoms with van der Waals surface area (Å²) in [5.74, 6) is -2.49. The molecule has 3 aromatic rings. The van der Waals surface area contributed by atoms with E-state index < -0.39 is 23.5 Å². The number of benzene rings is 2. The fourth-order valence-electron chi connectivity index (χ4n) is 3.31. The Bertz CT molecular complexity index is 1230. The van der Waals surface area contributed by atoms with E-state index in [4.69, 9.17) is 14.3 Å². The molecule has 0 saturated heterocycles. The second-order valence-electron chi connectivity index (χ2n) is 8.62. The predicted molar refractivity (Wildman–Crippen MR) is 125 cm³/mol. The van der Waals surface area contributed by atoms with Crippen molar-refractivity contribution in [3.05, 3.63) is 59.4 Å². The molecule has 0 radical (unpaired) electrons. The van der Waals surface area contributed by atoms with Gasteiger partial charge < -0.3 is 19.6 Å². The van der Waals surface area contributed by atoms with Gasteiger partial charge in [-0.05, 0) is 54.8 Å². The van der Waals surface area contributed by atoms with Crippen molar-refractivity contribution in [2.24, 2.45) is 5.92 Å². The number of carboxylic acid groups (broad SMARTS) is 1. The minimum atomic E-state index is -4.68. The topological polar surface area (TPSA) is 115 Å². The van der Waals surface area contributed by atoms with Crippen molar-refractivity contribution in [1.82, 2.24) is 10.2 Å². The molecule has 1 aromatic heterocycles. The zero-order valence-corrected chi connectivity index (χ0v) is 20.0. The summed E-state index contributed by atoms with van der Waals surface area (Å²) in [4.78, 5) is 22.8. The molecule has 37 heavy (non-hydrogen) atoms. The molecule has 0 amide bonds. The number of hydrogen-bond acceptors (Lipinski definition) is 7. The molecule has 0 fully saturated rings. The lowest BCUT2D eigenvalue weighted by molar-refractivity contribution is -0.138. The van der Waals surface area contributed by atoms with Gasteiger partial charge in [0.1, 0.15) is 12.4 Å². The summed E-state index contributed by atoms with van der Waals surface area (Å²) in [6.07, 6.45) is -4.61. The van der Waals surface area contributed by atoms with Crippen LogP contribution >= 0.6 is 0 Å². The van der Waals surface area contributed by atoms with Crippen LogP contribution in [0.2, 0.25) is 0 Å². The van der Waals surface area contributed by atoms with E-state index in [2.05, 4.69) is 15.5 Å². The van der Waals surface area contributed by atoms with Gasteiger partial charge in [-0.2, -0.15) is 13.2 Å². The van der Waals surface area contributed by atoms with E-state index in [-0.39, 0.29) is 61.1 Å². The smallest absolute Gasteiger partial charge is 0.416 e. The van der Waals surface area contributed by atoms with Crippen molar-refractivity contribution >= 4 is 17.4 Å². The highest BCUT2D eigenvalue weighted by atomic mass is 19.4. The van der Waals surface area contributed by atoms with Crippen LogP contribution in [-0.4, -0.2) is 39.7 Å². The van der Waals surface area contributed by atoms with Crippen molar-refractivity contribution in [1.29, 1.82) is 0 Å². The maximum atomic E-state index is 14.2. The number of halogens is 4. The minimum Gasteiger partial charge on any atom is -0.481 e. The lowest BCUT2D eigenvalue weighted by Crippen LogP contribution is -2.32. The van der Waals surface area contributed by atoms with Gasteiger partial charge in [0, 0.05) is 24.1 Å². The normalized spacial score (nSPS) is 12.4. The number of anilines is 1. The molecule has 1 atom stereocenters. The van der Waals surface area contributed by atoms with Crippen molar-refractivity contribution in [2.45, 2.75) is 45.3 Å². The standard InChI is InChI=1S/C25H25F4N3O5/c1-14(2)20(30-17-9-6-15(7-10-17)21(33)4-3-5-22(34)35)13-36-24-32-31-23(37-24)18-11-8-16(12-19(18)26)25(27,28)29/h6-12,14,20,30H,3-5,13H2,1-2H3,(H,34,35)/t20-/m1/s1. The first-order valence-corrected chi connectivity index (χ1v) is 11.4. The quantitative estimate of drug-likeness (QED) is 0.225. The highest BCUT2D eigenvalue weighted by Gasteiger charge is 2.31. The average Bonchev–Trinajstić information content (AvgIpc) is 3.29. The third-order valence-electron chi connectivity index (χ3n) is 5.48. The number of ketones is 1. The Balaban J connectivity index is 1.59. The SMILES string of the molecule is CC(C)[C@@H](COc1nnc(-c2ccc(C(F)(F)F)cc2F)o1)Nc1ccc(C(=O)CCCC(=O)O)cc1. The van der Waals surface area contributed by atoms with E-state index in [9.17, 15) is 27.2 Å². The number of alkyl halides is 3. The molecule has 0 unspecified atom stereocenters. The fourth-order valence-corrected chi connectivity index (χ4v) is 3.31. The van der Waals surface area contributed by atoms with E-state index in [0.717, 1.165) is 12.1 Å². The number of carbonyl (C=O) groups is 2. The van der Waals surface area contributed by atoms with Crippen LogP contribution in [0.3, 0.4) is 0 Å². The van der Waals surface area contributed by atoms with Gasteiger partial charge in [-0.3, -0.25) is 9.59 Å². The van der Waals surface area contributed by atoms with Crippen LogP contribution < -0.4 is 10.1 Å². The number of ether oxygens (including phenoxy) is 1. The summed E-state index contributed by atoms with van der Waals surface area (Å²) in [7, 11) is 0. The monoisotopic (exact) mass is 523 g/mol. The molecule has 2 N–H and O–H groups in total. The number of rotatable bonds is 12. The number of hydrogen-bond donors (Lipinski definition) is 2. The van der Waals surface area contributed by atoms with Crippen molar-refractivity contribution in [2.75, 3.05) is 11.9 Å². The van der Waals surface area contributed by atoms with E-state index in [1.54, 1.807) is 24.3 Å². The third-order valence-corrected chi connectivity index (χ3v) is 5.48. The molecular weight excluding hydrogens is 498 g/mol. The fraction of sp³-hybridized carbons (Fsp3) is 0.360. The van der Waals surface area contributed by atoms with Gasteiger partial charge >= 0.3 is 18.2 Å². The summed E-state index contributed by atoms with van der Waals surface area (Å²) in [5.41, 5.74) is -0.234. The van der Waals surface area contributed by atoms with Crippen molar-refractivity contribution < 1.29 is 41.4 Å². The summed E-state index contributed by atoms with van der Waals surface area (Å²) in [6, 6.07) is 8.48. The molecule has 1 heterocycles.